The van der Waals surface area contributed by atoms with Crippen LogP contribution in [0.2, 0.25) is 0 Å². The number of ether oxygens (including phenoxy) is 1. The van der Waals surface area contributed by atoms with E-state index >= 15 is 0 Å². The van der Waals surface area contributed by atoms with Crippen molar-refractivity contribution in [3.8, 4) is 16.9 Å². The zero-order valence-corrected chi connectivity index (χ0v) is 15.7. The molecule has 2 aromatic heterocycles. The van der Waals surface area contributed by atoms with E-state index in [1.54, 1.807) is 18.4 Å². The average molecular weight is 361 g/mol. The lowest BCUT2D eigenvalue weighted by Crippen LogP contribution is -2.12. The Hall–Kier alpha value is -2.92. The second-order valence-corrected chi connectivity index (χ2v) is 6.91. The highest BCUT2D eigenvalue weighted by Gasteiger charge is 2.18. The smallest absolute Gasteiger partial charge is 0.145 e. The fraction of sp³-hybridized carbons (Fsp3) is 0.143. The van der Waals surface area contributed by atoms with Crippen molar-refractivity contribution in [1.82, 2.24) is 9.97 Å². The Bertz CT molecular complexity index is 1040. The molecule has 0 fully saturated rings. The molecule has 0 radical (unpaired) electrons. The number of aryl methyl sites for hydroxylation is 1. The summed E-state index contributed by atoms with van der Waals surface area (Å²) in [5.74, 6) is 2.55. The molecule has 4 aromatic rings. The number of rotatable bonds is 4. The molecule has 0 aliphatic heterocycles. The highest BCUT2D eigenvalue weighted by molar-refractivity contribution is 7.17. The van der Waals surface area contributed by atoms with Crippen LogP contribution in [0.1, 0.15) is 5.82 Å². The predicted molar refractivity (Wildman–Crippen MR) is 109 cm³/mol. The van der Waals surface area contributed by atoms with Gasteiger partial charge in [-0.2, -0.15) is 0 Å². The highest BCUT2D eigenvalue weighted by Crippen LogP contribution is 2.40. The van der Waals surface area contributed by atoms with Crippen molar-refractivity contribution < 1.29 is 4.74 Å². The number of aromatic nitrogens is 2. The van der Waals surface area contributed by atoms with E-state index in [0.29, 0.717) is 0 Å². The van der Waals surface area contributed by atoms with Gasteiger partial charge in [-0.3, -0.25) is 0 Å². The summed E-state index contributed by atoms with van der Waals surface area (Å²) in [4.78, 5) is 12.5. The van der Waals surface area contributed by atoms with Crippen molar-refractivity contribution in [2.75, 3.05) is 19.1 Å². The second-order valence-electron chi connectivity index (χ2n) is 6.05. The zero-order chi connectivity index (χ0) is 18.1. The van der Waals surface area contributed by atoms with Gasteiger partial charge in [-0.05, 0) is 36.8 Å². The van der Waals surface area contributed by atoms with Gasteiger partial charge in [0, 0.05) is 23.7 Å². The third-order valence-electron chi connectivity index (χ3n) is 4.39. The topological polar surface area (TPSA) is 38.3 Å². The molecular weight excluding hydrogens is 342 g/mol. The van der Waals surface area contributed by atoms with Crippen molar-refractivity contribution in [3.05, 3.63) is 65.8 Å². The molecule has 4 nitrogen and oxygen atoms in total. The average Bonchev–Trinajstić information content (AvgIpc) is 3.11. The van der Waals surface area contributed by atoms with Gasteiger partial charge in [0.05, 0.1) is 12.5 Å². The number of hydrogen-bond donors (Lipinski definition) is 0. The van der Waals surface area contributed by atoms with Gasteiger partial charge in [-0.25, -0.2) is 9.97 Å². The van der Waals surface area contributed by atoms with Gasteiger partial charge < -0.3 is 9.64 Å². The van der Waals surface area contributed by atoms with E-state index in [9.17, 15) is 0 Å². The minimum absolute atomic E-state index is 0.776. The number of fused-ring (bicyclic) bond motifs is 1. The van der Waals surface area contributed by atoms with Crippen LogP contribution in [0.3, 0.4) is 0 Å². The number of benzene rings is 2. The number of anilines is 2. The first-order valence-electron chi connectivity index (χ1n) is 8.36. The van der Waals surface area contributed by atoms with Crippen LogP contribution in [0, 0.1) is 6.92 Å². The summed E-state index contributed by atoms with van der Waals surface area (Å²) < 4.78 is 5.28. The van der Waals surface area contributed by atoms with Crippen molar-refractivity contribution >= 4 is 33.1 Å². The van der Waals surface area contributed by atoms with Crippen molar-refractivity contribution in [1.29, 1.82) is 0 Å². The lowest BCUT2D eigenvalue weighted by molar-refractivity contribution is 0.415. The first-order valence-corrected chi connectivity index (χ1v) is 9.24. The normalized spacial score (nSPS) is 10.9. The van der Waals surface area contributed by atoms with Gasteiger partial charge in [0.15, 0.2) is 0 Å². The maximum Gasteiger partial charge on any atom is 0.145 e. The molecule has 4 rings (SSSR count). The SMILES string of the molecule is COc1ccc(-c2csc3nc(C)nc(N(C)c4ccccc4)c23)cc1. The zero-order valence-electron chi connectivity index (χ0n) is 14.9. The predicted octanol–water partition coefficient (Wildman–Crippen LogP) is 5.44. The quantitative estimate of drug-likeness (QED) is 0.485. The Morgan fingerprint density at radius 1 is 0.962 bits per heavy atom. The molecular formula is C21H19N3OS. The van der Waals surface area contributed by atoms with Crippen molar-refractivity contribution in [3.63, 3.8) is 0 Å². The van der Waals surface area contributed by atoms with Crippen LogP contribution in [0.5, 0.6) is 5.75 Å². The van der Waals surface area contributed by atoms with Crippen molar-refractivity contribution in [2.24, 2.45) is 0 Å². The van der Waals surface area contributed by atoms with Gasteiger partial charge in [0.2, 0.25) is 0 Å². The van der Waals surface area contributed by atoms with Gasteiger partial charge in [-0.1, -0.05) is 30.3 Å². The summed E-state index contributed by atoms with van der Waals surface area (Å²) in [6.07, 6.45) is 0. The van der Waals surface area contributed by atoms with E-state index < -0.39 is 0 Å². The fourth-order valence-corrected chi connectivity index (χ4v) is 4.01. The Morgan fingerprint density at radius 2 is 1.69 bits per heavy atom. The minimum atomic E-state index is 0.776. The summed E-state index contributed by atoms with van der Waals surface area (Å²) >= 11 is 1.65. The van der Waals surface area contributed by atoms with E-state index in [1.165, 1.54) is 0 Å². The second kappa shape index (κ2) is 6.77. The molecule has 0 N–H and O–H groups in total. The van der Waals surface area contributed by atoms with E-state index in [-0.39, 0.29) is 0 Å². The Labute approximate surface area is 156 Å². The van der Waals surface area contributed by atoms with Crippen LogP contribution in [0.15, 0.2) is 60.0 Å². The van der Waals surface area contributed by atoms with Crippen LogP contribution >= 0.6 is 11.3 Å². The molecule has 0 bridgehead atoms. The first-order chi connectivity index (χ1) is 12.7. The first kappa shape index (κ1) is 16.5. The minimum Gasteiger partial charge on any atom is -0.497 e. The van der Waals surface area contributed by atoms with Crippen LogP contribution in [0.25, 0.3) is 21.3 Å². The van der Waals surface area contributed by atoms with E-state index in [4.69, 9.17) is 9.72 Å². The maximum absolute atomic E-state index is 5.28. The standard InChI is InChI=1S/C21H19N3OS/c1-14-22-20(24(2)16-7-5-4-6-8-16)19-18(13-26-21(19)23-14)15-9-11-17(25-3)12-10-15/h4-13H,1-3H3. The number of hydrogen-bond acceptors (Lipinski definition) is 5. The molecule has 130 valence electrons. The van der Waals surface area contributed by atoms with Gasteiger partial charge in [-0.15, -0.1) is 11.3 Å². The number of thiophene rings is 1. The molecule has 0 saturated heterocycles. The molecule has 5 heteroatoms. The lowest BCUT2D eigenvalue weighted by Gasteiger charge is -2.20. The Morgan fingerprint density at radius 3 is 2.38 bits per heavy atom. The van der Waals surface area contributed by atoms with E-state index in [1.807, 2.05) is 44.3 Å². The summed E-state index contributed by atoms with van der Waals surface area (Å²) in [6, 6.07) is 18.4. The Kier molecular flexibility index (Phi) is 4.31. The molecule has 0 aliphatic carbocycles. The van der Waals surface area contributed by atoms with Crippen LogP contribution in [-0.4, -0.2) is 24.1 Å². The van der Waals surface area contributed by atoms with E-state index in [2.05, 4.69) is 39.5 Å². The lowest BCUT2D eigenvalue weighted by atomic mass is 10.1. The fourth-order valence-electron chi connectivity index (χ4n) is 3.03. The molecule has 26 heavy (non-hydrogen) atoms. The van der Waals surface area contributed by atoms with Crippen LogP contribution in [0.4, 0.5) is 11.5 Å². The molecule has 2 heterocycles. The third-order valence-corrected chi connectivity index (χ3v) is 5.26. The summed E-state index contributed by atoms with van der Waals surface area (Å²) in [5, 5.41) is 3.24. The number of nitrogens with zero attached hydrogens (tertiary/aromatic N) is 3. The summed E-state index contributed by atoms with van der Waals surface area (Å²) in [7, 11) is 3.73. The van der Waals surface area contributed by atoms with Gasteiger partial charge >= 0.3 is 0 Å². The molecule has 0 amide bonds. The molecule has 0 spiro atoms. The van der Waals surface area contributed by atoms with Gasteiger partial charge in [0.25, 0.3) is 0 Å². The van der Waals surface area contributed by atoms with Crippen LogP contribution in [-0.2, 0) is 0 Å². The van der Waals surface area contributed by atoms with Crippen molar-refractivity contribution in [2.45, 2.75) is 6.92 Å². The van der Waals surface area contributed by atoms with Gasteiger partial charge in [0.1, 0.15) is 22.2 Å². The molecule has 2 aromatic carbocycles. The third kappa shape index (κ3) is 2.91. The molecule has 0 atom stereocenters. The highest BCUT2D eigenvalue weighted by atomic mass is 32.1. The number of para-hydroxylation sites is 1. The maximum atomic E-state index is 5.28. The Balaban J connectivity index is 1.90. The van der Waals surface area contributed by atoms with E-state index in [0.717, 1.165) is 44.4 Å². The largest absolute Gasteiger partial charge is 0.497 e. The molecule has 0 saturated carbocycles. The summed E-state index contributed by atoms with van der Waals surface area (Å²) in [6.45, 7) is 1.94. The molecule has 0 aliphatic rings. The van der Waals surface area contributed by atoms with Crippen LogP contribution < -0.4 is 9.64 Å². The number of methoxy groups -OCH3 is 1. The summed E-state index contributed by atoms with van der Waals surface area (Å²) in [5.41, 5.74) is 3.37. The molecule has 0 unspecified atom stereocenters. The monoisotopic (exact) mass is 361 g/mol.